The van der Waals surface area contributed by atoms with Crippen molar-refractivity contribution in [2.75, 3.05) is 11.1 Å². The van der Waals surface area contributed by atoms with Crippen molar-refractivity contribution in [3.05, 3.63) is 11.4 Å². The Bertz CT molecular complexity index is 515. The second-order valence-corrected chi connectivity index (χ2v) is 5.15. The van der Waals surface area contributed by atoms with Crippen molar-refractivity contribution in [2.24, 2.45) is 0 Å². The molecule has 0 atom stereocenters. The Morgan fingerprint density at radius 2 is 2.27 bits per heavy atom. The van der Waals surface area contributed by atoms with Crippen LogP contribution < -0.4 is 11.1 Å². The van der Waals surface area contributed by atoms with Gasteiger partial charge in [-0.15, -0.1) is 11.3 Å². The first-order valence-electron chi connectivity index (χ1n) is 4.95. The van der Waals surface area contributed by atoms with Crippen LogP contribution in [0.1, 0.15) is 19.8 Å². The van der Waals surface area contributed by atoms with Gasteiger partial charge in [-0.2, -0.15) is 4.98 Å². The van der Waals surface area contributed by atoms with Crippen molar-refractivity contribution < 1.29 is 0 Å². The smallest absolute Gasteiger partial charge is 0.223 e. The Kier molecular flexibility index (Phi) is 1.68. The van der Waals surface area contributed by atoms with Crippen molar-refractivity contribution in [2.45, 2.75) is 25.3 Å². The molecule has 3 N–H and O–H groups in total. The summed E-state index contributed by atoms with van der Waals surface area (Å²) >= 11 is 1.59. The molecule has 2 aromatic rings. The molecular weight excluding hydrogens is 208 g/mol. The normalized spacial score (nSPS) is 17.9. The number of fused-ring (bicyclic) bond motifs is 1. The zero-order chi connectivity index (χ0) is 10.5. The fraction of sp³-hybridized carbons (Fsp3) is 0.400. The van der Waals surface area contributed by atoms with Gasteiger partial charge in [-0.3, -0.25) is 0 Å². The van der Waals surface area contributed by atoms with Crippen LogP contribution in [0.5, 0.6) is 0 Å². The minimum absolute atomic E-state index is 0.218. The predicted octanol–water partition coefficient (Wildman–Crippen LogP) is 2.24. The zero-order valence-corrected chi connectivity index (χ0v) is 9.27. The monoisotopic (exact) mass is 220 g/mol. The van der Waals surface area contributed by atoms with E-state index in [1.54, 1.807) is 11.3 Å². The summed E-state index contributed by atoms with van der Waals surface area (Å²) in [6.45, 7) is 2.20. The van der Waals surface area contributed by atoms with E-state index in [1.807, 2.05) is 11.4 Å². The number of thiophene rings is 1. The van der Waals surface area contributed by atoms with Crippen molar-refractivity contribution in [1.29, 1.82) is 0 Å². The number of anilines is 2. The van der Waals surface area contributed by atoms with Crippen LogP contribution in [-0.2, 0) is 0 Å². The minimum atomic E-state index is 0.218. The van der Waals surface area contributed by atoms with Crippen LogP contribution in [0.2, 0.25) is 0 Å². The number of nitrogens with zero attached hydrogens (tertiary/aromatic N) is 2. The van der Waals surface area contributed by atoms with Crippen molar-refractivity contribution in [3.8, 4) is 0 Å². The number of nitrogens with two attached hydrogens (primary N) is 1. The van der Waals surface area contributed by atoms with E-state index in [0.717, 1.165) is 16.0 Å². The summed E-state index contributed by atoms with van der Waals surface area (Å²) in [6, 6.07) is 2.04. The molecule has 1 fully saturated rings. The van der Waals surface area contributed by atoms with Crippen LogP contribution in [0.4, 0.5) is 11.8 Å². The van der Waals surface area contributed by atoms with Gasteiger partial charge < -0.3 is 11.1 Å². The molecule has 1 aliphatic carbocycles. The highest BCUT2D eigenvalue weighted by Crippen LogP contribution is 2.39. The summed E-state index contributed by atoms with van der Waals surface area (Å²) in [7, 11) is 0. The standard InChI is InChI=1S/C10H12N4S/c1-10(3-4-10)14-7-6-2-5-15-8(6)13-9(11)12-7/h2,5H,3-4H2,1H3,(H3,11,12,13,14). The fourth-order valence-corrected chi connectivity index (χ4v) is 2.34. The molecule has 0 aromatic carbocycles. The Morgan fingerprint density at radius 1 is 1.47 bits per heavy atom. The van der Waals surface area contributed by atoms with Crippen molar-refractivity contribution in [1.82, 2.24) is 9.97 Å². The second kappa shape index (κ2) is 2.82. The average Bonchev–Trinajstić information content (AvgIpc) is 2.73. The van der Waals surface area contributed by atoms with Crippen LogP contribution in [0.3, 0.4) is 0 Å². The highest BCUT2D eigenvalue weighted by molar-refractivity contribution is 7.16. The molecule has 0 unspecified atom stereocenters. The van der Waals surface area contributed by atoms with Gasteiger partial charge in [0, 0.05) is 5.54 Å². The number of aromatic nitrogens is 2. The zero-order valence-electron chi connectivity index (χ0n) is 8.45. The Labute approximate surface area is 91.5 Å². The lowest BCUT2D eigenvalue weighted by molar-refractivity contribution is 0.823. The largest absolute Gasteiger partial charge is 0.368 e. The maximum atomic E-state index is 5.67. The summed E-state index contributed by atoms with van der Waals surface area (Å²) in [6.07, 6.45) is 2.39. The van der Waals surface area contributed by atoms with Gasteiger partial charge in [0.25, 0.3) is 0 Å². The molecule has 5 heteroatoms. The van der Waals surface area contributed by atoms with Gasteiger partial charge in [0.1, 0.15) is 10.6 Å². The van der Waals surface area contributed by atoms with Gasteiger partial charge in [0.2, 0.25) is 5.95 Å². The quantitative estimate of drug-likeness (QED) is 0.814. The number of nitrogens with one attached hydrogen (secondary N) is 1. The average molecular weight is 220 g/mol. The molecule has 15 heavy (non-hydrogen) atoms. The molecule has 0 bridgehead atoms. The lowest BCUT2D eigenvalue weighted by Crippen LogP contribution is -2.17. The highest BCUT2D eigenvalue weighted by Gasteiger charge is 2.37. The van der Waals surface area contributed by atoms with E-state index in [-0.39, 0.29) is 5.54 Å². The van der Waals surface area contributed by atoms with E-state index < -0.39 is 0 Å². The Balaban J connectivity index is 2.11. The van der Waals surface area contributed by atoms with Crippen LogP contribution in [0.15, 0.2) is 11.4 Å². The highest BCUT2D eigenvalue weighted by atomic mass is 32.1. The van der Waals surface area contributed by atoms with Gasteiger partial charge in [-0.05, 0) is 31.2 Å². The molecule has 0 aliphatic heterocycles. The lowest BCUT2D eigenvalue weighted by Gasteiger charge is -2.12. The third-order valence-corrected chi connectivity index (χ3v) is 3.57. The molecule has 2 aromatic heterocycles. The molecule has 1 saturated carbocycles. The summed E-state index contributed by atoms with van der Waals surface area (Å²) in [4.78, 5) is 9.41. The van der Waals surface area contributed by atoms with Gasteiger partial charge in [-0.25, -0.2) is 4.98 Å². The molecule has 0 saturated heterocycles. The molecule has 78 valence electrons. The van der Waals surface area contributed by atoms with Crippen LogP contribution in [-0.4, -0.2) is 15.5 Å². The number of rotatable bonds is 2. The Morgan fingerprint density at radius 3 is 3.00 bits per heavy atom. The summed E-state index contributed by atoms with van der Waals surface area (Å²) in [5.41, 5.74) is 5.89. The first kappa shape index (κ1) is 8.91. The number of hydrogen-bond acceptors (Lipinski definition) is 5. The molecular formula is C10H12N4S. The maximum absolute atomic E-state index is 5.67. The maximum Gasteiger partial charge on any atom is 0.223 e. The van der Waals surface area contributed by atoms with E-state index in [0.29, 0.717) is 5.95 Å². The number of nitrogen functional groups attached to an aromatic ring is 1. The van der Waals surface area contributed by atoms with E-state index in [4.69, 9.17) is 5.73 Å². The molecule has 0 radical (unpaired) electrons. The third kappa shape index (κ3) is 1.52. The Hall–Kier alpha value is -1.36. The van der Waals surface area contributed by atoms with Gasteiger partial charge in [0.15, 0.2) is 0 Å². The summed E-state index contributed by atoms with van der Waals surface area (Å²) in [5, 5.41) is 6.52. The van der Waals surface area contributed by atoms with Crippen LogP contribution >= 0.6 is 11.3 Å². The lowest BCUT2D eigenvalue weighted by atomic mass is 10.3. The third-order valence-electron chi connectivity index (χ3n) is 2.76. The van der Waals surface area contributed by atoms with Crippen LogP contribution in [0.25, 0.3) is 10.2 Å². The topological polar surface area (TPSA) is 63.8 Å². The SMILES string of the molecule is CC1(Nc2nc(N)nc3sccc23)CC1. The van der Waals surface area contributed by atoms with E-state index in [9.17, 15) is 0 Å². The van der Waals surface area contributed by atoms with Crippen molar-refractivity contribution >= 4 is 33.3 Å². The van der Waals surface area contributed by atoms with Gasteiger partial charge >= 0.3 is 0 Å². The molecule has 4 nitrogen and oxygen atoms in total. The molecule has 2 heterocycles. The minimum Gasteiger partial charge on any atom is -0.368 e. The predicted molar refractivity (Wildman–Crippen MR) is 63.1 cm³/mol. The molecule has 0 amide bonds. The first-order valence-corrected chi connectivity index (χ1v) is 5.83. The summed E-state index contributed by atoms with van der Waals surface area (Å²) in [5.74, 6) is 1.22. The molecule has 0 spiro atoms. The summed E-state index contributed by atoms with van der Waals surface area (Å²) < 4.78 is 0. The van der Waals surface area contributed by atoms with E-state index >= 15 is 0 Å². The van der Waals surface area contributed by atoms with Gasteiger partial charge in [0.05, 0.1) is 5.39 Å². The van der Waals surface area contributed by atoms with Crippen LogP contribution in [0, 0.1) is 0 Å². The second-order valence-electron chi connectivity index (χ2n) is 4.26. The first-order chi connectivity index (χ1) is 7.16. The van der Waals surface area contributed by atoms with Crippen molar-refractivity contribution in [3.63, 3.8) is 0 Å². The molecule has 1 aliphatic rings. The number of hydrogen-bond donors (Lipinski definition) is 2. The fourth-order valence-electron chi connectivity index (χ4n) is 1.57. The van der Waals surface area contributed by atoms with Gasteiger partial charge in [-0.1, -0.05) is 0 Å². The van der Waals surface area contributed by atoms with E-state index in [1.165, 1.54) is 12.8 Å². The van der Waals surface area contributed by atoms with E-state index in [2.05, 4.69) is 22.2 Å². The molecule has 3 rings (SSSR count).